The van der Waals surface area contributed by atoms with E-state index in [1.54, 1.807) is 0 Å². The fourth-order valence-corrected chi connectivity index (χ4v) is 0.655. The van der Waals surface area contributed by atoms with Crippen LogP contribution in [0.25, 0.3) is 0 Å². The maximum Gasteiger partial charge on any atom is 0.525 e. The molecule has 0 aromatic rings. The Morgan fingerprint density at radius 2 is 2.22 bits per heavy atom. The topological polar surface area (TPSA) is 74.6 Å². The van der Waals surface area contributed by atoms with Gasteiger partial charge in [0, 0.05) is 0 Å². The fraction of sp³-hybridized carbons (Fsp3) is 0.250. The first kappa shape index (κ1) is 8.27. The highest BCUT2D eigenvalue weighted by molar-refractivity contribution is 7.40. The summed E-state index contributed by atoms with van der Waals surface area (Å²) in [7, 11) is -2.67. The van der Waals surface area contributed by atoms with Crippen molar-refractivity contribution in [1.29, 1.82) is 0 Å². The Morgan fingerprint density at radius 3 is 2.22 bits per heavy atom. The molecular formula is C4H6O4P+. The highest BCUT2D eigenvalue weighted by atomic mass is 31.1. The van der Waals surface area contributed by atoms with Gasteiger partial charge in [-0.2, -0.15) is 4.89 Å². The number of hydrogen-bond acceptors (Lipinski definition) is 2. The van der Waals surface area contributed by atoms with Gasteiger partial charge in [-0.3, -0.25) is 0 Å². The molecule has 0 amide bonds. The van der Waals surface area contributed by atoms with E-state index in [-0.39, 0.29) is 0 Å². The van der Waals surface area contributed by atoms with Crippen molar-refractivity contribution in [3.8, 4) is 0 Å². The predicted molar refractivity (Wildman–Crippen MR) is 31.4 cm³/mol. The molecule has 0 aromatic carbocycles. The molecule has 0 bridgehead atoms. The molecule has 0 fully saturated rings. The van der Waals surface area contributed by atoms with Gasteiger partial charge in [-0.1, -0.05) is 6.58 Å². The first-order chi connectivity index (χ1) is 4.09. The lowest BCUT2D eigenvalue weighted by molar-refractivity contribution is -0.135. The van der Waals surface area contributed by atoms with Gasteiger partial charge >= 0.3 is 19.7 Å². The lowest BCUT2D eigenvalue weighted by Gasteiger charge is -1.85. The van der Waals surface area contributed by atoms with Crippen molar-refractivity contribution in [2.24, 2.45) is 0 Å². The molecule has 0 spiro atoms. The van der Waals surface area contributed by atoms with E-state index in [9.17, 15) is 9.36 Å². The number of carboxylic acids is 1. The zero-order chi connectivity index (χ0) is 7.44. The maximum atomic E-state index is 10.1. The van der Waals surface area contributed by atoms with E-state index in [1.165, 1.54) is 0 Å². The maximum absolute atomic E-state index is 10.1. The number of hydrogen-bond donors (Lipinski definition) is 2. The second-order valence-electron chi connectivity index (χ2n) is 1.32. The van der Waals surface area contributed by atoms with Gasteiger partial charge < -0.3 is 5.11 Å². The van der Waals surface area contributed by atoms with Gasteiger partial charge in [-0.25, -0.2) is 4.79 Å². The quantitative estimate of drug-likeness (QED) is 0.448. The zero-order valence-corrected chi connectivity index (χ0v) is 5.41. The van der Waals surface area contributed by atoms with Crippen LogP contribution in [-0.4, -0.2) is 21.6 Å². The second kappa shape index (κ2) is 3.33. The van der Waals surface area contributed by atoms with Gasteiger partial charge in [0.15, 0.2) is 0 Å². The van der Waals surface area contributed by atoms with Crippen LogP contribution in [0.4, 0.5) is 0 Å². The number of carbonyl (C=O) groups is 1. The summed E-state index contributed by atoms with van der Waals surface area (Å²) in [5.41, 5.74) is -1.33. The minimum Gasteiger partial charge on any atom is -0.478 e. The predicted octanol–water partition coefficient (Wildman–Crippen LogP) is 0.360. The minimum atomic E-state index is -2.67. The molecule has 4 nitrogen and oxygen atoms in total. The summed E-state index contributed by atoms with van der Waals surface area (Å²) in [6.07, 6.45) is 0.932. The molecule has 0 rings (SSSR count). The number of aliphatic carboxylic acids is 1. The van der Waals surface area contributed by atoms with Crippen molar-refractivity contribution in [1.82, 2.24) is 0 Å². The Balaban J connectivity index is 4.16. The van der Waals surface area contributed by atoms with E-state index in [2.05, 4.69) is 6.58 Å². The van der Waals surface area contributed by atoms with Crippen LogP contribution >= 0.6 is 8.03 Å². The van der Waals surface area contributed by atoms with Crippen molar-refractivity contribution in [2.75, 3.05) is 0 Å². The van der Waals surface area contributed by atoms with E-state index in [4.69, 9.17) is 10.00 Å². The molecule has 0 saturated heterocycles. The van der Waals surface area contributed by atoms with E-state index in [0.29, 0.717) is 0 Å². The average molecular weight is 149 g/mol. The first-order valence-corrected chi connectivity index (χ1v) is 3.38. The summed E-state index contributed by atoms with van der Waals surface area (Å²) < 4.78 is 10.1. The fourth-order valence-electron chi connectivity index (χ4n) is 0.285. The van der Waals surface area contributed by atoms with Gasteiger partial charge in [0.1, 0.15) is 0 Å². The van der Waals surface area contributed by atoms with Crippen molar-refractivity contribution in [2.45, 2.75) is 5.66 Å². The van der Waals surface area contributed by atoms with Gasteiger partial charge in [-0.05, 0) is 10.6 Å². The molecule has 2 N–H and O–H groups in total. The standard InChI is InChI=1S/C4H5O4P/c1-2-3(4(5)6)9(7)8/h2-3H,1H2,(H-,5,6,7,8)/p+1. The van der Waals surface area contributed by atoms with Gasteiger partial charge in [0.05, 0.1) is 0 Å². The van der Waals surface area contributed by atoms with E-state index in [0.717, 1.165) is 6.08 Å². The Labute approximate surface area is 52.7 Å². The molecule has 0 aliphatic heterocycles. The SMILES string of the molecule is C=CC(C(=O)O)[P+](=O)O. The third-order valence-electron chi connectivity index (χ3n) is 0.714. The normalized spacial score (nSPS) is 14.1. The highest BCUT2D eigenvalue weighted by Crippen LogP contribution is 2.22. The van der Waals surface area contributed by atoms with Gasteiger partial charge in [0.2, 0.25) is 0 Å². The van der Waals surface area contributed by atoms with Crippen LogP contribution in [-0.2, 0) is 9.36 Å². The van der Waals surface area contributed by atoms with E-state index < -0.39 is 19.7 Å². The number of rotatable bonds is 3. The Morgan fingerprint density at radius 1 is 1.78 bits per heavy atom. The Bertz CT molecular complexity index is 139. The van der Waals surface area contributed by atoms with Crippen molar-refractivity contribution in [3.63, 3.8) is 0 Å². The van der Waals surface area contributed by atoms with Crippen LogP contribution in [0.2, 0.25) is 0 Å². The van der Waals surface area contributed by atoms with Crippen molar-refractivity contribution >= 4 is 14.0 Å². The van der Waals surface area contributed by atoms with Gasteiger partial charge in [0.25, 0.3) is 0 Å². The summed E-state index contributed by atoms with van der Waals surface area (Å²) in [5.74, 6) is -1.33. The molecule has 0 aliphatic carbocycles. The Hall–Kier alpha value is -0.730. The Kier molecular flexibility index (Phi) is 3.06. The van der Waals surface area contributed by atoms with Crippen LogP contribution in [0.3, 0.4) is 0 Å². The first-order valence-electron chi connectivity index (χ1n) is 2.10. The van der Waals surface area contributed by atoms with Gasteiger partial charge in [-0.15, -0.1) is 0 Å². The van der Waals surface area contributed by atoms with Crippen LogP contribution in [0.15, 0.2) is 12.7 Å². The van der Waals surface area contributed by atoms with E-state index in [1.807, 2.05) is 0 Å². The van der Waals surface area contributed by atoms with Crippen LogP contribution in [0.5, 0.6) is 0 Å². The molecule has 0 radical (unpaired) electrons. The summed E-state index contributed by atoms with van der Waals surface area (Å²) in [4.78, 5) is 18.2. The van der Waals surface area contributed by atoms with E-state index >= 15 is 0 Å². The summed E-state index contributed by atoms with van der Waals surface area (Å²) in [6, 6.07) is 0. The van der Waals surface area contributed by atoms with Crippen LogP contribution in [0.1, 0.15) is 0 Å². The highest BCUT2D eigenvalue weighted by Gasteiger charge is 2.33. The number of carboxylic acid groups (broad SMARTS) is 1. The van der Waals surface area contributed by atoms with Crippen molar-refractivity contribution in [3.05, 3.63) is 12.7 Å². The molecule has 0 aliphatic rings. The third-order valence-corrected chi connectivity index (χ3v) is 1.62. The molecule has 50 valence electrons. The smallest absolute Gasteiger partial charge is 0.478 e. The third kappa shape index (κ3) is 2.35. The molecule has 0 heterocycles. The van der Waals surface area contributed by atoms with Crippen LogP contribution in [0, 0.1) is 0 Å². The van der Waals surface area contributed by atoms with Crippen molar-refractivity contribution < 1.29 is 19.4 Å². The molecule has 2 unspecified atom stereocenters. The largest absolute Gasteiger partial charge is 0.525 e. The molecule has 2 atom stereocenters. The van der Waals surface area contributed by atoms with Crippen LogP contribution < -0.4 is 0 Å². The lowest BCUT2D eigenvalue weighted by atomic mass is 10.4. The summed E-state index contributed by atoms with van der Waals surface area (Å²) >= 11 is 0. The monoisotopic (exact) mass is 149 g/mol. The molecular weight excluding hydrogens is 143 g/mol. The molecule has 5 heteroatoms. The second-order valence-corrected chi connectivity index (χ2v) is 2.48. The zero-order valence-electron chi connectivity index (χ0n) is 4.52. The summed E-state index contributed by atoms with van der Waals surface area (Å²) in [6.45, 7) is 3.08. The average Bonchev–Trinajstić information content (AvgIpc) is 1.64. The molecule has 0 aromatic heterocycles. The minimum absolute atomic E-state index is 0.932. The molecule has 9 heavy (non-hydrogen) atoms. The molecule has 0 saturated carbocycles. The summed E-state index contributed by atoms with van der Waals surface area (Å²) in [5, 5.41) is 8.13. The lowest BCUT2D eigenvalue weighted by Crippen LogP contribution is -2.12.